The third-order valence-corrected chi connectivity index (χ3v) is 5.94. The quantitative estimate of drug-likeness (QED) is 0.519. The van der Waals surface area contributed by atoms with Crippen molar-refractivity contribution in [1.82, 2.24) is 10.6 Å². The fourth-order valence-electron chi connectivity index (χ4n) is 4.25. The summed E-state index contributed by atoms with van der Waals surface area (Å²) in [5.41, 5.74) is 4.64. The van der Waals surface area contributed by atoms with Crippen LogP contribution in [0.15, 0.2) is 48.5 Å². The Balaban J connectivity index is 1.13. The maximum absolute atomic E-state index is 12.1. The molecule has 2 amide bonds. The van der Waals surface area contributed by atoms with Crippen LogP contribution in [0.4, 0.5) is 4.79 Å². The molecule has 8 nitrogen and oxygen atoms in total. The lowest BCUT2D eigenvalue weighted by Crippen LogP contribution is -2.47. The van der Waals surface area contributed by atoms with Gasteiger partial charge < -0.3 is 25.2 Å². The number of hydrogen-bond donors (Lipinski definition) is 3. The second-order valence-electron chi connectivity index (χ2n) is 8.08. The van der Waals surface area contributed by atoms with Crippen molar-refractivity contribution in [3.63, 3.8) is 0 Å². The van der Waals surface area contributed by atoms with Crippen molar-refractivity contribution in [2.24, 2.45) is 5.92 Å². The molecule has 0 bridgehead atoms. The van der Waals surface area contributed by atoms with Crippen molar-refractivity contribution in [1.29, 1.82) is 0 Å². The summed E-state index contributed by atoms with van der Waals surface area (Å²) in [5.74, 6) is -1.49. The zero-order chi connectivity index (χ0) is 22.5. The van der Waals surface area contributed by atoms with E-state index < -0.39 is 12.1 Å². The van der Waals surface area contributed by atoms with Gasteiger partial charge in [-0.2, -0.15) is 0 Å². The predicted molar refractivity (Wildman–Crippen MR) is 116 cm³/mol. The Morgan fingerprint density at radius 3 is 2.22 bits per heavy atom. The highest BCUT2D eigenvalue weighted by Gasteiger charge is 2.35. The van der Waals surface area contributed by atoms with E-state index in [0.29, 0.717) is 12.8 Å². The molecule has 0 atom stereocenters. The number of rotatable bonds is 9. The molecule has 0 aromatic heterocycles. The molecule has 2 aromatic rings. The van der Waals surface area contributed by atoms with Gasteiger partial charge in [0.15, 0.2) is 0 Å². The molecule has 1 fully saturated rings. The van der Waals surface area contributed by atoms with Gasteiger partial charge >= 0.3 is 12.1 Å². The topological polar surface area (TPSA) is 114 Å². The summed E-state index contributed by atoms with van der Waals surface area (Å²) < 4.78 is 10.7. The number of benzene rings is 2. The summed E-state index contributed by atoms with van der Waals surface area (Å²) in [4.78, 5) is 34.6. The minimum absolute atomic E-state index is 0.000302. The average Bonchev–Trinajstić information content (AvgIpc) is 3.08. The van der Waals surface area contributed by atoms with Crippen LogP contribution in [0.2, 0.25) is 0 Å². The van der Waals surface area contributed by atoms with Gasteiger partial charge in [0.25, 0.3) is 0 Å². The Hall–Kier alpha value is -3.39. The number of carbonyl (C=O) groups excluding carboxylic acids is 2. The lowest BCUT2D eigenvalue weighted by atomic mass is 9.80. The molecular formula is C24H26N2O6. The molecule has 0 heterocycles. The molecule has 3 N–H and O–H groups in total. The van der Waals surface area contributed by atoms with Crippen LogP contribution in [0.3, 0.4) is 0 Å². The fourth-order valence-corrected chi connectivity index (χ4v) is 4.25. The summed E-state index contributed by atoms with van der Waals surface area (Å²) >= 11 is 0. The molecule has 1 saturated carbocycles. The van der Waals surface area contributed by atoms with E-state index in [4.69, 9.17) is 14.6 Å². The van der Waals surface area contributed by atoms with Crippen LogP contribution in [0.25, 0.3) is 11.1 Å². The molecule has 168 valence electrons. The summed E-state index contributed by atoms with van der Waals surface area (Å²) in [5, 5.41) is 14.2. The lowest BCUT2D eigenvalue weighted by Gasteiger charge is -2.32. The van der Waals surface area contributed by atoms with Crippen molar-refractivity contribution >= 4 is 18.0 Å². The molecule has 0 spiro atoms. The Kier molecular flexibility index (Phi) is 6.70. The first-order valence-corrected chi connectivity index (χ1v) is 10.7. The van der Waals surface area contributed by atoms with Crippen molar-refractivity contribution in [2.45, 2.75) is 24.8 Å². The SMILES string of the molecule is O=C(COCCNC(=O)OCC1c2ccccc2-c2ccccc21)NC1CC(C(=O)O)C1. The zero-order valence-electron chi connectivity index (χ0n) is 17.6. The van der Waals surface area contributed by atoms with Gasteiger partial charge in [-0.15, -0.1) is 0 Å². The smallest absolute Gasteiger partial charge is 0.407 e. The normalized spacial score (nSPS) is 18.8. The maximum Gasteiger partial charge on any atom is 0.407 e. The molecule has 0 saturated heterocycles. The van der Waals surface area contributed by atoms with E-state index in [-0.39, 0.29) is 50.2 Å². The molecule has 2 aliphatic rings. The minimum atomic E-state index is -0.828. The Morgan fingerprint density at radius 2 is 1.59 bits per heavy atom. The average molecular weight is 438 g/mol. The standard InChI is InChI=1S/C24H26N2O6/c27-22(26-16-11-15(12-16)23(28)29)14-31-10-9-25-24(30)32-13-21-19-7-3-1-5-17(19)18-6-2-4-8-20(18)21/h1-8,15-16,21H,9-14H2,(H,25,30)(H,26,27)(H,28,29). The van der Waals surface area contributed by atoms with E-state index in [2.05, 4.69) is 34.9 Å². The summed E-state index contributed by atoms with van der Waals surface area (Å²) in [6.07, 6.45) is 0.364. The number of hydrogen-bond acceptors (Lipinski definition) is 5. The van der Waals surface area contributed by atoms with Gasteiger partial charge in [-0.25, -0.2) is 4.79 Å². The predicted octanol–water partition coefficient (Wildman–Crippen LogP) is 2.52. The number of carbonyl (C=O) groups is 3. The van der Waals surface area contributed by atoms with E-state index in [1.165, 1.54) is 11.1 Å². The van der Waals surface area contributed by atoms with Crippen molar-refractivity contribution in [3.8, 4) is 11.1 Å². The molecule has 4 rings (SSSR count). The number of carboxylic acids is 1. The molecule has 0 aliphatic heterocycles. The molecular weight excluding hydrogens is 412 g/mol. The van der Waals surface area contributed by atoms with Gasteiger partial charge in [0.05, 0.1) is 12.5 Å². The first-order valence-electron chi connectivity index (χ1n) is 10.7. The molecule has 0 radical (unpaired) electrons. The van der Waals surface area contributed by atoms with E-state index >= 15 is 0 Å². The van der Waals surface area contributed by atoms with Crippen molar-refractivity contribution in [3.05, 3.63) is 59.7 Å². The Bertz CT molecular complexity index is 956. The van der Waals surface area contributed by atoms with E-state index in [0.717, 1.165) is 11.1 Å². The van der Waals surface area contributed by atoms with Gasteiger partial charge in [-0.05, 0) is 35.1 Å². The Morgan fingerprint density at radius 1 is 0.969 bits per heavy atom. The summed E-state index contributed by atoms with van der Waals surface area (Å²) in [6, 6.07) is 16.2. The van der Waals surface area contributed by atoms with Crippen LogP contribution in [-0.4, -0.2) is 55.5 Å². The molecule has 2 aliphatic carbocycles. The monoisotopic (exact) mass is 438 g/mol. The van der Waals surface area contributed by atoms with Gasteiger partial charge in [0, 0.05) is 18.5 Å². The van der Waals surface area contributed by atoms with Crippen LogP contribution < -0.4 is 10.6 Å². The van der Waals surface area contributed by atoms with Gasteiger partial charge in [0.2, 0.25) is 5.91 Å². The highest BCUT2D eigenvalue weighted by molar-refractivity contribution is 5.79. The van der Waals surface area contributed by atoms with Crippen LogP contribution in [0.1, 0.15) is 29.9 Å². The van der Waals surface area contributed by atoms with E-state index in [1.807, 2.05) is 24.3 Å². The molecule has 0 unspecified atom stereocenters. The lowest BCUT2D eigenvalue weighted by molar-refractivity contribution is -0.146. The Labute approximate surface area is 185 Å². The number of fused-ring (bicyclic) bond motifs is 3. The second kappa shape index (κ2) is 9.82. The maximum atomic E-state index is 12.1. The number of ether oxygens (including phenoxy) is 2. The largest absolute Gasteiger partial charge is 0.481 e. The first kappa shape index (κ1) is 21.8. The second-order valence-corrected chi connectivity index (χ2v) is 8.08. The number of carboxylic acid groups (broad SMARTS) is 1. The number of nitrogens with one attached hydrogen (secondary N) is 2. The van der Waals surface area contributed by atoms with Crippen molar-refractivity contribution < 1.29 is 29.0 Å². The molecule has 2 aromatic carbocycles. The molecule has 8 heteroatoms. The zero-order valence-corrected chi connectivity index (χ0v) is 17.6. The van der Waals surface area contributed by atoms with Crippen molar-refractivity contribution in [2.75, 3.05) is 26.4 Å². The fraction of sp³-hybridized carbons (Fsp3) is 0.375. The molecule has 32 heavy (non-hydrogen) atoms. The number of alkyl carbamates (subject to hydrolysis) is 1. The van der Waals surface area contributed by atoms with Crippen LogP contribution >= 0.6 is 0 Å². The number of amides is 2. The van der Waals surface area contributed by atoms with E-state index in [1.54, 1.807) is 0 Å². The van der Waals surface area contributed by atoms with Crippen LogP contribution in [-0.2, 0) is 19.1 Å². The highest BCUT2D eigenvalue weighted by atomic mass is 16.5. The third-order valence-electron chi connectivity index (χ3n) is 5.94. The van der Waals surface area contributed by atoms with E-state index in [9.17, 15) is 14.4 Å². The summed E-state index contributed by atoms with van der Waals surface area (Å²) in [6.45, 7) is 0.483. The van der Waals surface area contributed by atoms with Crippen LogP contribution in [0.5, 0.6) is 0 Å². The van der Waals surface area contributed by atoms with Gasteiger partial charge in [-0.1, -0.05) is 48.5 Å². The first-order chi connectivity index (χ1) is 15.5. The van der Waals surface area contributed by atoms with Crippen LogP contribution in [0, 0.1) is 5.92 Å². The van der Waals surface area contributed by atoms with Gasteiger partial charge in [0.1, 0.15) is 13.2 Å². The summed E-state index contributed by atoms with van der Waals surface area (Å²) in [7, 11) is 0. The minimum Gasteiger partial charge on any atom is -0.481 e. The van der Waals surface area contributed by atoms with Gasteiger partial charge in [-0.3, -0.25) is 9.59 Å². The third kappa shape index (κ3) is 4.91. The number of aliphatic carboxylic acids is 1. The highest BCUT2D eigenvalue weighted by Crippen LogP contribution is 2.44.